The molecule has 2 rings (SSSR count). The van der Waals surface area contributed by atoms with Crippen LogP contribution in [-0.4, -0.2) is 29.8 Å². The first kappa shape index (κ1) is 19.9. The van der Waals surface area contributed by atoms with E-state index in [2.05, 4.69) is 16.0 Å². The molecule has 27 heavy (non-hydrogen) atoms. The van der Waals surface area contributed by atoms with E-state index in [1.165, 1.54) is 6.07 Å². The molecule has 2 aromatic carbocycles. The number of amides is 2. The summed E-state index contributed by atoms with van der Waals surface area (Å²) in [5.74, 6) is -0.522. The predicted molar refractivity (Wildman–Crippen MR) is 104 cm³/mol. The van der Waals surface area contributed by atoms with Gasteiger partial charge in [-0.1, -0.05) is 19.1 Å². The first-order valence-corrected chi connectivity index (χ1v) is 8.57. The molecule has 0 saturated carbocycles. The Labute approximate surface area is 157 Å². The van der Waals surface area contributed by atoms with Crippen LogP contribution in [0.25, 0.3) is 0 Å². The normalized spacial score (nSPS) is 10.1. The lowest BCUT2D eigenvalue weighted by molar-refractivity contribution is -0.385. The molecule has 0 fully saturated rings. The topological polar surface area (TPSA) is 113 Å². The number of rotatable bonds is 8. The van der Waals surface area contributed by atoms with Crippen molar-refractivity contribution in [2.45, 2.75) is 20.3 Å². The van der Waals surface area contributed by atoms with Crippen LogP contribution < -0.4 is 16.0 Å². The monoisotopic (exact) mass is 370 g/mol. The number of anilines is 2. The van der Waals surface area contributed by atoms with Crippen molar-refractivity contribution < 1.29 is 14.5 Å². The number of benzene rings is 2. The van der Waals surface area contributed by atoms with Crippen LogP contribution in [0.15, 0.2) is 42.5 Å². The van der Waals surface area contributed by atoms with E-state index in [1.807, 2.05) is 6.92 Å². The lowest BCUT2D eigenvalue weighted by Crippen LogP contribution is -2.24. The van der Waals surface area contributed by atoms with Gasteiger partial charge in [0.2, 0.25) is 5.91 Å². The Balaban J connectivity index is 1.95. The van der Waals surface area contributed by atoms with E-state index in [1.54, 1.807) is 43.3 Å². The van der Waals surface area contributed by atoms with Gasteiger partial charge in [0, 0.05) is 35.1 Å². The molecule has 8 heteroatoms. The number of aryl methyl sites for hydroxylation is 1. The van der Waals surface area contributed by atoms with E-state index < -0.39 is 4.92 Å². The average Bonchev–Trinajstić information content (AvgIpc) is 2.66. The van der Waals surface area contributed by atoms with Crippen LogP contribution >= 0.6 is 0 Å². The summed E-state index contributed by atoms with van der Waals surface area (Å²) in [4.78, 5) is 34.5. The maximum atomic E-state index is 12.1. The second kappa shape index (κ2) is 9.33. The van der Waals surface area contributed by atoms with Gasteiger partial charge >= 0.3 is 0 Å². The van der Waals surface area contributed by atoms with Crippen molar-refractivity contribution in [3.8, 4) is 0 Å². The minimum Gasteiger partial charge on any atom is -0.376 e. The number of hydrogen-bond donors (Lipinski definition) is 3. The zero-order chi connectivity index (χ0) is 19.8. The Morgan fingerprint density at radius 1 is 1.11 bits per heavy atom. The first-order valence-electron chi connectivity index (χ1n) is 8.57. The van der Waals surface area contributed by atoms with Crippen LogP contribution in [0.3, 0.4) is 0 Å². The van der Waals surface area contributed by atoms with Gasteiger partial charge in [-0.25, -0.2) is 0 Å². The molecule has 142 valence electrons. The van der Waals surface area contributed by atoms with Crippen LogP contribution in [-0.2, 0) is 4.79 Å². The molecule has 0 aliphatic carbocycles. The third kappa shape index (κ3) is 5.81. The molecule has 0 atom stereocenters. The summed E-state index contributed by atoms with van der Waals surface area (Å²) in [6.07, 6.45) is 0.848. The molecular formula is C19H22N4O4. The molecule has 2 amide bonds. The summed E-state index contributed by atoms with van der Waals surface area (Å²) in [5.41, 5.74) is 1.96. The summed E-state index contributed by atoms with van der Waals surface area (Å²) in [7, 11) is 0. The van der Waals surface area contributed by atoms with Gasteiger partial charge in [-0.3, -0.25) is 19.7 Å². The second-order valence-electron chi connectivity index (χ2n) is 6.00. The van der Waals surface area contributed by atoms with Crippen LogP contribution in [0.1, 0.15) is 29.3 Å². The number of nitro benzene ring substituents is 1. The van der Waals surface area contributed by atoms with E-state index in [4.69, 9.17) is 0 Å². The zero-order valence-electron chi connectivity index (χ0n) is 15.2. The third-order valence-electron chi connectivity index (χ3n) is 3.80. The molecule has 3 N–H and O–H groups in total. The Morgan fingerprint density at radius 2 is 1.89 bits per heavy atom. The third-order valence-corrected chi connectivity index (χ3v) is 3.80. The van der Waals surface area contributed by atoms with E-state index in [9.17, 15) is 19.7 Å². The molecular weight excluding hydrogens is 348 g/mol. The summed E-state index contributed by atoms with van der Waals surface area (Å²) in [5, 5.41) is 19.3. The van der Waals surface area contributed by atoms with Gasteiger partial charge in [0.1, 0.15) is 0 Å². The molecule has 0 heterocycles. The minimum atomic E-state index is -0.488. The lowest BCUT2D eigenvalue weighted by atomic mass is 10.2. The number of nitrogens with zero attached hydrogens (tertiary/aromatic N) is 1. The molecule has 0 spiro atoms. The Kier molecular flexibility index (Phi) is 6.87. The Morgan fingerprint density at radius 3 is 2.59 bits per heavy atom. The highest BCUT2D eigenvalue weighted by molar-refractivity contribution is 5.96. The van der Waals surface area contributed by atoms with E-state index >= 15 is 0 Å². The minimum absolute atomic E-state index is 0.0400. The number of nitrogens with one attached hydrogen (secondary N) is 3. The van der Waals surface area contributed by atoms with Crippen LogP contribution in [0.4, 0.5) is 17.1 Å². The van der Waals surface area contributed by atoms with Gasteiger partial charge < -0.3 is 16.0 Å². The fourth-order valence-electron chi connectivity index (χ4n) is 2.38. The van der Waals surface area contributed by atoms with Gasteiger partial charge in [-0.15, -0.1) is 0 Å². The number of nitro groups is 1. The summed E-state index contributed by atoms with van der Waals surface area (Å²) in [6, 6.07) is 11.4. The molecule has 0 unspecified atom stereocenters. The first-order chi connectivity index (χ1) is 12.9. The Bertz CT molecular complexity index is 851. The van der Waals surface area contributed by atoms with E-state index in [-0.39, 0.29) is 24.0 Å². The largest absolute Gasteiger partial charge is 0.376 e. The molecule has 0 bridgehead atoms. The number of carbonyl (C=O) groups excluding carboxylic acids is 2. The zero-order valence-corrected chi connectivity index (χ0v) is 15.2. The SMILES string of the molecule is CCCNC(=O)c1cccc(NCC(=O)Nc2ccc(C)c([N+](=O)[O-])c2)c1. The molecule has 8 nitrogen and oxygen atoms in total. The van der Waals surface area contributed by atoms with Crippen LogP contribution in [0.2, 0.25) is 0 Å². The van der Waals surface area contributed by atoms with Gasteiger partial charge in [0.15, 0.2) is 0 Å². The van der Waals surface area contributed by atoms with Crippen molar-refractivity contribution >= 4 is 28.9 Å². The summed E-state index contributed by atoms with van der Waals surface area (Å²) in [6.45, 7) is 4.16. The number of carbonyl (C=O) groups is 2. The van der Waals surface area contributed by atoms with Crippen molar-refractivity contribution in [2.75, 3.05) is 23.7 Å². The summed E-state index contributed by atoms with van der Waals surface area (Å²) < 4.78 is 0. The summed E-state index contributed by atoms with van der Waals surface area (Å²) >= 11 is 0. The molecule has 0 aromatic heterocycles. The quantitative estimate of drug-likeness (QED) is 0.488. The van der Waals surface area contributed by atoms with Gasteiger partial charge in [-0.2, -0.15) is 0 Å². The highest BCUT2D eigenvalue weighted by Gasteiger charge is 2.12. The molecule has 0 aliphatic rings. The number of hydrogen-bond acceptors (Lipinski definition) is 5. The Hall–Kier alpha value is -3.42. The van der Waals surface area contributed by atoms with Crippen molar-refractivity contribution in [3.05, 3.63) is 63.7 Å². The fourth-order valence-corrected chi connectivity index (χ4v) is 2.38. The van der Waals surface area contributed by atoms with Gasteiger partial charge in [0.25, 0.3) is 11.6 Å². The second-order valence-corrected chi connectivity index (χ2v) is 6.00. The molecule has 2 aromatic rings. The smallest absolute Gasteiger partial charge is 0.274 e. The van der Waals surface area contributed by atoms with Crippen molar-refractivity contribution in [3.63, 3.8) is 0 Å². The van der Waals surface area contributed by atoms with Gasteiger partial charge in [-0.05, 0) is 37.6 Å². The van der Waals surface area contributed by atoms with Crippen LogP contribution in [0.5, 0.6) is 0 Å². The van der Waals surface area contributed by atoms with Crippen molar-refractivity contribution in [1.29, 1.82) is 0 Å². The van der Waals surface area contributed by atoms with E-state index in [0.717, 1.165) is 6.42 Å². The van der Waals surface area contributed by atoms with Crippen molar-refractivity contribution in [1.82, 2.24) is 5.32 Å². The van der Waals surface area contributed by atoms with Crippen molar-refractivity contribution in [2.24, 2.45) is 0 Å². The standard InChI is InChI=1S/C19H22N4O4/c1-3-9-20-19(25)14-5-4-6-15(10-14)21-12-18(24)22-16-8-7-13(2)17(11-16)23(26)27/h4-8,10-11,21H,3,9,12H2,1-2H3,(H,20,25)(H,22,24). The molecule has 0 saturated heterocycles. The van der Waals surface area contributed by atoms with E-state index in [0.29, 0.717) is 29.0 Å². The molecule has 0 radical (unpaired) electrons. The molecule has 0 aliphatic heterocycles. The highest BCUT2D eigenvalue weighted by Crippen LogP contribution is 2.22. The van der Waals surface area contributed by atoms with Crippen LogP contribution in [0, 0.1) is 17.0 Å². The average molecular weight is 370 g/mol. The maximum absolute atomic E-state index is 12.1. The van der Waals surface area contributed by atoms with Gasteiger partial charge in [0.05, 0.1) is 11.5 Å². The highest BCUT2D eigenvalue weighted by atomic mass is 16.6. The maximum Gasteiger partial charge on any atom is 0.274 e. The predicted octanol–water partition coefficient (Wildman–Crippen LogP) is 3.09. The fraction of sp³-hybridized carbons (Fsp3) is 0.263. The lowest BCUT2D eigenvalue weighted by Gasteiger charge is -2.10.